The standard InChI is InChI=1S/C22H15Cl2N5O2/c23-17-7-5-14(12-16(17)19-3-1-2-8-26-19)29(22-27-9-10-28-22)21(31)15-6-4-13(20(25)30)11-18(15)24/h1-12H,(H2,25,30)(H,27,28). The fourth-order valence-corrected chi connectivity index (χ4v) is 3.52. The lowest BCUT2D eigenvalue weighted by Gasteiger charge is -2.22. The molecule has 4 aromatic rings. The third-order valence-electron chi connectivity index (χ3n) is 4.53. The van der Waals surface area contributed by atoms with Crippen molar-refractivity contribution < 1.29 is 9.59 Å². The Morgan fingerprint density at radius 3 is 2.42 bits per heavy atom. The highest BCUT2D eigenvalue weighted by Gasteiger charge is 2.25. The number of anilines is 2. The number of pyridine rings is 1. The molecule has 2 aromatic heterocycles. The van der Waals surface area contributed by atoms with Gasteiger partial charge in [0.1, 0.15) is 0 Å². The lowest BCUT2D eigenvalue weighted by atomic mass is 10.1. The molecular weight excluding hydrogens is 437 g/mol. The Kier molecular flexibility index (Phi) is 5.70. The largest absolute Gasteiger partial charge is 0.366 e. The minimum Gasteiger partial charge on any atom is -0.366 e. The minimum atomic E-state index is -0.638. The van der Waals surface area contributed by atoms with Crippen LogP contribution in [0.15, 0.2) is 73.2 Å². The average Bonchev–Trinajstić information content (AvgIpc) is 3.29. The first-order valence-corrected chi connectivity index (χ1v) is 9.85. The summed E-state index contributed by atoms with van der Waals surface area (Å²) >= 11 is 12.7. The van der Waals surface area contributed by atoms with Crippen molar-refractivity contribution >= 4 is 46.7 Å². The summed E-state index contributed by atoms with van der Waals surface area (Å²) in [6.45, 7) is 0. The van der Waals surface area contributed by atoms with Crippen molar-refractivity contribution in [2.24, 2.45) is 5.73 Å². The van der Waals surface area contributed by atoms with Gasteiger partial charge in [-0.15, -0.1) is 0 Å². The highest BCUT2D eigenvalue weighted by Crippen LogP contribution is 2.34. The first-order chi connectivity index (χ1) is 15.0. The van der Waals surface area contributed by atoms with Crippen LogP contribution in [-0.4, -0.2) is 26.8 Å². The number of rotatable bonds is 5. The molecule has 0 saturated carbocycles. The molecule has 0 saturated heterocycles. The Balaban J connectivity index is 1.82. The Morgan fingerprint density at radius 1 is 0.935 bits per heavy atom. The predicted molar refractivity (Wildman–Crippen MR) is 120 cm³/mol. The molecule has 4 rings (SSSR count). The van der Waals surface area contributed by atoms with Crippen molar-refractivity contribution in [3.05, 3.63) is 94.4 Å². The first-order valence-electron chi connectivity index (χ1n) is 9.10. The first kappa shape index (κ1) is 20.6. The van der Waals surface area contributed by atoms with Gasteiger partial charge in [-0.05, 0) is 48.5 Å². The fraction of sp³-hybridized carbons (Fsp3) is 0. The molecule has 2 amide bonds. The Hall–Kier alpha value is -3.68. The molecule has 154 valence electrons. The van der Waals surface area contributed by atoms with E-state index in [1.807, 2.05) is 12.1 Å². The van der Waals surface area contributed by atoms with Crippen LogP contribution in [0.5, 0.6) is 0 Å². The molecule has 3 N–H and O–H groups in total. The minimum absolute atomic E-state index is 0.0942. The lowest BCUT2D eigenvalue weighted by Crippen LogP contribution is -2.27. The Morgan fingerprint density at radius 2 is 1.77 bits per heavy atom. The average molecular weight is 452 g/mol. The number of nitrogens with two attached hydrogens (primary N) is 1. The highest BCUT2D eigenvalue weighted by molar-refractivity contribution is 6.35. The number of primary amides is 1. The molecule has 9 heteroatoms. The van der Waals surface area contributed by atoms with Gasteiger partial charge in [-0.1, -0.05) is 29.3 Å². The maximum absolute atomic E-state index is 13.5. The molecule has 0 bridgehead atoms. The summed E-state index contributed by atoms with van der Waals surface area (Å²) in [5, 5.41) is 0.579. The van der Waals surface area contributed by atoms with Crippen LogP contribution in [0, 0.1) is 0 Å². The maximum Gasteiger partial charge on any atom is 0.266 e. The van der Waals surface area contributed by atoms with Crippen molar-refractivity contribution in [2.75, 3.05) is 4.90 Å². The van der Waals surface area contributed by atoms with Gasteiger partial charge < -0.3 is 10.7 Å². The summed E-state index contributed by atoms with van der Waals surface area (Å²) in [6, 6.07) is 14.9. The fourth-order valence-electron chi connectivity index (χ4n) is 3.05. The zero-order valence-corrected chi connectivity index (χ0v) is 17.4. The van der Waals surface area contributed by atoms with E-state index >= 15 is 0 Å². The van der Waals surface area contributed by atoms with Gasteiger partial charge in [-0.3, -0.25) is 14.6 Å². The molecule has 0 unspecified atom stereocenters. The number of benzene rings is 2. The number of H-pyrrole nitrogens is 1. The molecule has 2 heterocycles. The van der Waals surface area contributed by atoms with Crippen LogP contribution in [0.3, 0.4) is 0 Å². The van der Waals surface area contributed by atoms with Crippen molar-refractivity contribution in [3.63, 3.8) is 0 Å². The zero-order valence-electron chi connectivity index (χ0n) is 15.9. The molecule has 0 fully saturated rings. The quantitative estimate of drug-likeness (QED) is 0.451. The van der Waals surface area contributed by atoms with Crippen LogP contribution in [0.2, 0.25) is 10.0 Å². The molecule has 0 aliphatic rings. The molecule has 0 spiro atoms. The van der Waals surface area contributed by atoms with E-state index in [0.717, 1.165) is 0 Å². The summed E-state index contributed by atoms with van der Waals surface area (Å²) in [6.07, 6.45) is 4.79. The van der Waals surface area contributed by atoms with E-state index in [9.17, 15) is 9.59 Å². The third-order valence-corrected chi connectivity index (χ3v) is 5.17. The summed E-state index contributed by atoms with van der Waals surface area (Å²) < 4.78 is 0. The van der Waals surface area contributed by atoms with Gasteiger partial charge in [0.15, 0.2) is 0 Å². The summed E-state index contributed by atoms with van der Waals surface area (Å²) in [5.41, 5.74) is 7.49. The van der Waals surface area contributed by atoms with Gasteiger partial charge in [0.05, 0.1) is 27.0 Å². The molecule has 2 aromatic carbocycles. The number of hydrogen-bond donors (Lipinski definition) is 2. The van der Waals surface area contributed by atoms with E-state index in [1.54, 1.807) is 36.7 Å². The van der Waals surface area contributed by atoms with Crippen LogP contribution in [0.1, 0.15) is 20.7 Å². The Labute approximate surface area is 187 Å². The van der Waals surface area contributed by atoms with Crippen LogP contribution < -0.4 is 10.6 Å². The van der Waals surface area contributed by atoms with E-state index in [1.165, 1.54) is 29.3 Å². The van der Waals surface area contributed by atoms with Gasteiger partial charge >= 0.3 is 0 Å². The third kappa shape index (κ3) is 4.14. The van der Waals surface area contributed by atoms with Gasteiger partial charge in [0, 0.05) is 29.7 Å². The molecule has 7 nitrogen and oxygen atoms in total. The number of carbonyl (C=O) groups is 2. The Bertz CT molecular complexity index is 1260. The summed E-state index contributed by atoms with van der Waals surface area (Å²) in [7, 11) is 0. The smallest absolute Gasteiger partial charge is 0.266 e. The number of imidazole rings is 1. The molecule has 0 radical (unpaired) electrons. The van der Waals surface area contributed by atoms with Gasteiger partial charge in [-0.2, -0.15) is 0 Å². The molecular formula is C22H15Cl2N5O2. The van der Waals surface area contributed by atoms with Crippen LogP contribution in [0.25, 0.3) is 11.3 Å². The number of amides is 2. The van der Waals surface area contributed by atoms with Gasteiger partial charge in [0.25, 0.3) is 5.91 Å². The normalized spacial score (nSPS) is 10.6. The monoisotopic (exact) mass is 451 g/mol. The van der Waals surface area contributed by atoms with Crippen molar-refractivity contribution in [2.45, 2.75) is 0 Å². The van der Waals surface area contributed by atoms with Crippen LogP contribution in [-0.2, 0) is 0 Å². The number of nitrogens with one attached hydrogen (secondary N) is 1. The molecule has 0 atom stereocenters. The number of hydrogen-bond acceptors (Lipinski definition) is 4. The van der Waals surface area contributed by atoms with Gasteiger partial charge in [0.2, 0.25) is 11.9 Å². The predicted octanol–water partition coefficient (Wildman–Crippen LogP) is 4.86. The number of nitrogens with zero attached hydrogens (tertiary/aromatic N) is 3. The lowest BCUT2D eigenvalue weighted by molar-refractivity contribution is 0.0987. The van der Waals surface area contributed by atoms with Crippen molar-refractivity contribution in [3.8, 4) is 11.3 Å². The summed E-state index contributed by atoms with van der Waals surface area (Å²) in [5.74, 6) is -0.805. The van der Waals surface area contributed by atoms with E-state index in [-0.39, 0.29) is 22.1 Å². The number of halogens is 2. The van der Waals surface area contributed by atoms with Gasteiger partial charge in [-0.25, -0.2) is 9.88 Å². The van der Waals surface area contributed by atoms with E-state index in [0.29, 0.717) is 22.0 Å². The second-order valence-electron chi connectivity index (χ2n) is 6.49. The molecule has 0 aliphatic heterocycles. The van der Waals surface area contributed by atoms with E-state index in [4.69, 9.17) is 28.9 Å². The summed E-state index contributed by atoms with van der Waals surface area (Å²) in [4.78, 5) is 37.8. The second-order valence-corrected chi connectivity index (χ2v) is 7.31. The number of aromatic nitrogens is 3. The number of aromatic amines is 1. The van der Waals surface area contributed by atoms with E-state index in [2.05, 4.69) is 15.0 Å². The SMILES string of the molecule is NC(=O)c1ccc(C(=O)N(c2ccc(Cl)c(-c3ccccn3)c2)c2ncc[nH]2)c(Cl)c1. The van der Waals surface area contributed by atoms with Crippen molar-refractivity contribution in [1.29, 1.82) is 0 Å². The topological polar surface area (TPSA) is 105 Å². The molecule has 0 aliphatic carbocycles. The van der Waals surface area contributed by atoms with Crippen molar-refractivity contribution in [1.82, 2.24) is 15.0 Å². The van der Waals surface area contributed by atoms with Crippen LogP contribution in [0.4, 0.5) is 11.6 Å². The number of carbonyl (C=O) groups excluding carboxylic acids is 2. The molecule has 31 heavy (non-hydrogen) atoms. The second kappa shape index (κ2) is 8.59. The van der Waals surface area contributed by atoms with E-state index < -0.39 is 11.8 Å². The zero-order chi connectivity index (χ0) is 22.0. The highest BCUT2D eigenvalue weighted by atomic mass is 35.5. The maximum atomic E-state index is 13.5. The van der Waals surface area contributed by atoms with Crippen LogP contribution >= 0.6 is 23.2 Å².